The zero-order chi connectivity index (χ0) is 18.1. The van der Waals surface area contributed by atoms with Gasteiger partial charge in [-0.3, -0.25) is 9.48 Å². The first-order chi connectivity index (χ1) is 11.9. The van der Waals surface area contributed by atoms with Crippen LogP contribution in [-0.4, -0.2) is 14.5 Å². The SMILES string of the molecule is Cc1c(NCc2cc(Br)cc(Br)c2O)c(=O)n(-c2ccccc2)n1C. The highest BCUT2D eigenvalue weighted by Crippen LogP contribution is 2.32. The van der Waals surface area contributed by atoms with Crippen LogP contribution in [0.1, 0.15) is 11.3 Å². The van der Waals surface area contributed by atoms with Gasteiger partial charge in [0.05, 0.1) is 15.9 Å². The number of aromatic hydroxyl groups is 1. The van der Waals surface area contributed by atoms with E-state index < -0.39 is 0 Å². The summed E-state index contributed by atoms with van der Waals surface area (Å²) >= 11 is 6.73. The second-order valence-corrected chi connectivity index (χ2v) is 7.46. The number of anilines is 1. The maximum atomic E-state index is 12.8. The number of hydrogen-bond acceptors (Lipinski definition) is 3. The van der Waals surface area contributed by atoms with Crippen LogP contribution < -0.4 is 10.9 Å². The number of nitrogens with zero attached hydrogens (tertiary/aromatic N) is 2. The third-order valence-corrected chi connectivity index (χ3v) is 5.18. The number of rotatable bonds is 4. The van der Waals surface area contributed by atoms with Crippen molar-refractivity contribution in [2.75, 3.05) is 5.32 Å². The van der Waals surface area contributed by atoms with Crippen molar-refractivity contribution in [2.45, 2.75) is 13.5 Å². The third kappa shape index (κ3) is 3.39. The Balaban J connectivity index is 1.96. The molecule has 0 unspecified atom stereocenters. The van der Waals surface area contributed by atoms with Crippen molar-refractivity contribution in [3.63, 3.8) is 0 Å². The number of phenolic OH excluding ortho intramolecular Hbond substituents is 1. The Morgan fingerprint density at radius 1 is 1.16 bits per heavy atom. The van der Waals surface area contributed by atoms with Gasteiger partial charge in [-0.05, 0) is 47.1 Å². The van der Waals surface area contributed by atoms with E-state index >= 15 is 0 Å². The van der Waals surface area contributed by atoms with Crippen LogP contribution in [0.4, 0.5) is 5.69 Å². The zero-order valence-corrected chi connectivity index (χ0v) is 16.9. The summed E-state index contributed by atoms with van der Waals surface area (Å²) in [5, 5.41) is 13.3. The summed E-state index contributed by atoms with van der Waals surface area (Å²) in [6, 6.07) is 13.1. The smallest absolute Gasteiger partial charge is 0.295 e. The third-order valence-electron chi connectivity index (χ3n) is 4.12. The van der Waals surface area contributed by atoms with Gasteiger partial charge in [-0.25, -0.2) is 4.68 Å². The normalized spacial score (nSPS) is 10.9. The second-order valence-electron chi connectivity index (χ2n) is 5.69. The maximum absolute atomic E-state index is 12.8. The first-order valence-electron chi connectivity index (χ1n) is 7.65. The lowest BCUT2D eigenvalue weighted by Gasteiger charge is -2.09. The van der Waals surface area contributed by atoms with Gasteiger partial charge in [0, 0.05) is 23.6 Å². The molecule has 3 aromatic rings. The molecular weight excluding hydrogens is 450 g/mol. The van der Waals surface area contributed by atoms with Gasteiger partial charge in [0.15, 0.2) is 0 Å². The first kappa shape index (κ1) is 17.8. The predicted molar refractivity (Wildman–Crippen MR) is 107 cm³/mol. The average molecular weight is 467 g/mol. The highest BCUT2D eigenvalue weighted by atomic mass is 79.9. The van der Waals surface area contributed by atoms with Crippen molar-refractivity contribution in [2.24, 2.45) is 7.05 Å². The van der Waals surface area contributed by atoms with E-state index in [4.69, 9.17) is 0 Å². The number of halogens is 2. The van der Waals surface area contributed by atoms with Gasteiger partial charge in [0.2, 0.25) is 0 Å². The van der Waals surface area contributed by atoms with Crippen molar-refractivity contribution >= 4 is 37.5 Å². The Kier molecular flexibility index (Phi) is 5.06. The van der Waals surface area contributed by atoms with Gasteiger partial charge in [-0.2, -0.15) is 0 Å². The number of hydrogen-bond donors (Lipinski definition) is 2. The number of aromatic nitrogens is 2. The molecule has 0 bridgehead atoms. The monoisotopic (exact) mass is 465 g/mol. The Morgan fingerprint density at radius 2 is 1.84 bits per heavy atom. The molecule has 2 aromatic carbocycles. The Labute approximate surface area is 162 Å². The lowest BCUT2D eigenvalue weighted by molar-refractivity contribution is 0.465. The van der Waals surface area contributed by atoms with E-state index in [2.05, 4.69) is 37.2 Å². The summed E-state index contributed by atoms with van der Waals surface area (Å²) in [6.07, 6.45) is 0. The molecule has 3 rings (SSSR count). The van der Waals surface area contributed by atoms with Crippen LogP contribution in [0.2, 0.25) is 0 Å². The van der Waals surface area contributed by atoms with Crippen LogP contribution in [0.25, 0.3) is 5.69 Å². The molecular formula is C18H17Br2N3O2. The molecule has 1 heterocycles. The topological polar surface area (TPSA) is 59.2 Å². The van der Waals surface area contributed by atoms with E-state index in [0.29, 0.717) is 22.3 Å². The summed E-state index contributed by atoms with van der Waals surface area (Å²) in [5.74, 6) is 0.160. The summed E-state index contributed by atoms with van der Waals surface area (Å²) in [7, 11) is 1.85. The summed E-state index contributed by atoms with van der Waals surface area (Å²) < 4.78 is 4.89. The van der Waals surface area contributed by atoms with E-state index in [1.54, 1.807) is 10.7 Å². The zero-order valence-electron chi connectivity index (χ0n) is 13.8. The molecule has 0 saturated carbocycles. The molecule has 1 aromatic heterocycles. The lowest BCUT2D eigenvalue weighted by Crippen LogP contribution is -2.21. The molecule has 0 aliphatic heterocycles. The van der Waals surface area contributed by atoms with E-state index in [-0.39, 0.29) is 11.3 Å². The largest absolute Gasteiger partial charge is 0.506 e. The molecule has 0 radical (unpaired) electrons. The predicted octanol–water partition coefficient (Wildman–Crippen LogP) is 4.33. The number of nitrogens with one attached hydrogen (secondary N) is 1. The molecule has 25 heavy (non-hydrogen) atoms. The minimum Gasteiger partial charge on any atom is -0.506 e. The van der Waals surface area contributed by atoms with E-state index in [1.165, 1.54) is 0 Å². The van der Waals surface area contributed by atoms with Crippen LogP contribution in [0.15, 0.2) is 56.2 Å². The van der Waals surface area contributed by atoms with E-state index in [9.17, 15) is 9.90 Å². The fourth-order valence-corrected chi connectivity index (χ4v) is 4.02. The Morgan fingerprint density at radius 3 is 2.52 bits per heavy atom. The maximum Gasteiger partial charge on any atom is 0.295 e. The van der Waals surface area contributed by atoms with Gasteiger partial charge in [-0.15, -0.1) is 0 Å². The molecule has 0 aliphatic rings. The molecule has 2 N–H and O–H groups in total. The molecule has 0 aliphatic carbocycles. The van der Waals surface area contributed by atoms with Crippen molar-refractivity contribution < 1.29 is 5.11 Å². The summed E-state index contributed by atoms with van der Waals surface area (Å²) in [4.78, 5) is 12.8. The standard InChI is InChI=1S/C18H17Br2N3O2/c1-11-16(21-10-12-8-13(19)9-15(20)17(12)24)18(25)23(22(11)2)14-6-4-3-5-7-14/h3-9,21,24H,10H2,1-2H3. The van der Waals surface area contributed by atoms with Crippen LogP contribution in [0, 0.1) is 6.92 Å². The lowest BCUT2D eigenvalue weighted by atomic mass is 10.2. The minimum absolute atomic E-state index is 0.125. The molecule has 0 spiro atoms. The van der Waals surface area contributed by atoms with Crippen molar-refractivity contribution in [3.8, 4) is 11.4 Å². The first-order valence-corrected chi connectivity index (χ1v) is 9.23. The van der Waals surface area contributed by atoms with Gasteiger partial charge >= 0.3 is 0 Å². The number of benzene rings is 2. The van der Waals surface area contributed by atoms with Crippen molar-refractivity contribution in [3.05, 3.63) is 73.0 Å². The van der Waals surface area contributed by atoms with Gasteiger partial charge in [0.25, 0.3) is 5.56 Å². The fourth-order valence-electron chi connectivity index (χ4n) is 2.71. The number of phenols is 1. The van der Waals surface area contributed by atoms with Crippen LogP contribution >= 0.6 is 31.9 Å². The van der Waals surface area contributed by atoms with Gasteiger partial charge in [-0.1, -0.05) is 34.1 Å². The average Bonchev–Trinajstić information content (AvgIpc) is 2.80. The summed E-state index contributed by atoms with van der Waals surface area (Å²) in [6.45, 7) is 2.22. The van der Waals surface area contributed by atoms with Gasteiger partial charge in [0.1, 0.15) is 11.4 Å². The van der Waals surface area contributed by atoms with Crippen LogP contribution in [0.3, 0.4) is 0 Å². The quantitative estimate of drug-likeness (QED) is 0.601. The molecule has 0 atom stereocenters. The van der Waals surface area contributed by atoms with Crippen molar-refractivity contribution in [1.29, 1.82) is 0 Å². The molecule has 0 amide bonds. The fraction of sp³-hybridized carbons (Fsp3) is 0.167. The second kappa shape index (κ2) is 7.09. The summed E-state index contributed by atoms with van der Waals surface area (Å²) in [5.41, 5.74) is 2.71. The Hall–Kier alpha value is -1.99. The van der Waals surface area contributed by atoms with E-state index in [1.807, 2.05) is 55.1 Å². The minimum atomic E-state index is -0.125. The molecule has 0 fully saturated rings. The molecule has 5 nitrogen and oxygen atoms in total. The Bertz CT molecular complexity index is 978. The highest BCUT2D eigenvalue weighted by Gasteiger charge is 2.16. The molecule has 130 valence electrons. The van der Waals surface area contributed by atoms with Gasteiger partial charge < -0.3 is 10.4 Å². The van der Waals surface area contributed by atoms with E-state index in [0.717, 1.165) is 15.9 Å². The molecule has 0 saturated heterocycles. The number of para-hydroxylation sites is 1. The van der Waals surface area contributed by atoms with Crippen LogP contribution in [0.5, 0.6) is 5.75 Å². The van der Waals surface area contributed by atoms with Crippen molar-refractivity contribution in [1.82, 2.24) is 9.36 Å². The highest BCUT2D eigenvalue weighted by molar-refractivity contribution is 9.11. The van der Waals surface area contributed by atoms with Crippen LogP contribution in [-0.2, 0) is 13.6 Å². The molecule has 7 heteroatoms.